The van der Waals surface area contributed by atoms with E-state index in [1.54, 1.807) is 6.07 Å². The molecule has 0 bridgehead atoms. The minimum atomic E-state index is -0.347. The van der Waals surface area contributed by atoms with Crippen LogP contribution in [0.5, 0.6) is 0 Å². The molecule has 0 aromatic heterocycles. The van der Waals surface area contributed by atoms with E-state index in [2.05, 4.69) is 11.4 Å². The summed E-state index contributed by atoms with van der Waals surface area (Å²) in [5, 5.41) is 3.37. The van der Waals surface area contributed by atoms with Crippen molar-refractivity contribution in [1.29, 1.82) is 0 Å². The molecule has 3 nitrogen and oxygen atoms in total. The molecule has 16 heavy (non-hydrogen) atoms. The Morgan fingerprint density at radius 2 is 2.25 bits per heavy atom. The second-order valence-electron chi connectivity index (χ2n) is 4.03. The van der Waals surface area contributed by atoms with Crippen LogP contribution in [0.4, 0.5) is 0 Å². The summed E-state index contributed by atoms with van der Waals surface area (Å²) in [6.07, 6.45) is 2.39. The summed E-state index contributed by atoms with van der Waals surface area (Å²) in [4.78, 5) is 11.0. The highest BCUT2D eigenvalue weighted by Crippen LogP contribution is 2.23. The van der Waals surface area contributed by atoms with Gasteiger partial charge in [0.05, 0.1) is 0 Å². The molecule has 1 amide bonds. The molecule has 0 spiro atoms. The van der Waals surface area contributed by atoms with Crippen LogP contribution >= 0.6 is 12.4 Å². The second kappa shape index (κ2) is 5.87. The molecular weight excluding hydrogens is 224 g/mol. The Morgan fingerprint density at radius 1 is 1.44 bits per heavy atom. The predicted molar refractivity (Wildman–Crippen MR) is 67.1 cm³/mol. The lowest BCUT2D eigenvalue weighted by molar-refractivity contribution is 0.1000. The van der Waals surface area contributed by atoms with Crippen LogP contribution in [0, 0.1) is 0 Å². The van der Waals surface area contributed by atoms with Gasteiger partial charge in [0.1, 0.15) is 0 Å². The van der Waals surface area contributed by atoms with Crippen molar-refractivity contribution in [2.45, 2.75) is 18.8 Å². The SMILES string of the molecule is Cl.NC(=O)c1cccc([C@@H]2CCCNC2)c1. The maximum atomic E-state index is 11.0. The minimum Gasteiger partial charge on any atom is -0.366 e. The van der Waals surface area contributed by atoms with Crippen LogP contribution in [-0.4, -0.2) is 19.0 Å². The summed E-state index contributed by atoms with van der Waals surface area (Å²) in [5.74, 6) is 0.179. The van der Waals surface area contributed by atoms with Gasteiger partial charge in [0.25, 0.3) is 0 Å². The maximum Gasteiger partial charge on any atom is 0.248 e. The minimum absolute atomic E-state index is 0. The van der Waals surface area contributed by atoms with Crippen molar-refractivity contribution in [2.75, 3.05) is 13.1 Å². The molecule has 1 aliphatic rings. The van der Waals surface area contributed by atoms with Gasteiger partial charge in [0.2, 0.25) is 5.91 Å². The Balaban J connectivity index is 0.00000128. The molecule has 1 fully saturated rings. The Kier molecular flexibility index (Phi) is 4.77. The number of amides is 1. The number of benzene rings is 1. The highest BCUT2D eigenvalue weighted by atomic mass is 35.5. The largest absolute Gasteiger partial charge is 0.366 e. The fourth-order valence-electron chi connectivity index (χ4n) is 2.08. The van der Waals surface area contributed by atoms with Crippen molar-refractivity contribution in [3.63, 3.8) is 0 Å². The smallest absolute Gasteiger partial charge is 0.248 e. The zero-order valence-electron chi connectivity index (χ0n) is 9.11. The van der Waals surface area contributed by atoms with Gasteiger partial charge in [0, 0.05) is 12.1 Å². The van der Waals surface area contributed by atoms with E-state index in [0.717, 1.165) is 13.1 Å². The standard InChI is InChI=1S/C12H16N2O.ClH/c13-12(15)10-4-1-3-9(7-10)11-5-2-6-14-8-11;/h1,3-4,7,11,14H,2,5-6,8H2,(H2,13,15);1H/t11-;/m1./s1. The number of carbonyl (C=O) groups excluding carboxylic acids is 1. The van der Waals surface area contributed by atoms with E-state index in [1.807, 2.05) is 12.1 Å². The van der Waals surface area contributed by atoms with Crippen LogP contribution < -0.4 is 11.1 Å². The number of hydrogen-bond acceptors (Lipinski definition) is 2. The van der Waals surface area contributed by atoms with E-state index in [4.69, 9.17) is 5.73 Å². The summed E-state index contributed by atoms with van der Waals surface area (Å²) < 4.78 is 0. The predicted octanol–water partition coefficient (Wildman–Crippen LogP) is 1.67. The summed E-state index contributed by atoms with van der Waals surface area (Å²) in [6.45, 7) is 2.11. The summed E-state index contributed by atoms with van der Waals surface area (Å²) in [5.41, 5.74) is 7.09. The van der Waals surface area contributed by atoms with Gasteiger partial charge in [-0.2, -0.15) is 0 Å². The number of hydrogen-bond donors (Lipinski definition) is 2. The maximum absolute atomic E-state index is 11.0. The van der Waals surface area contributed by atoms with E-state index in [0.29, 0.717) is 11.5 Å². The van der Waals surface area contributed by atoms with Gasteiger partial charge in [-0.25, -0.2) is 0 Å². The third kappa shape index (κ3) is 2.97. The Hall–Kier alpha value is -1.06. The number of primary amides is 1. The first kappa shape index (κ1) is 13.0. The molecule has 4 heteroatoms. The van der Waals surface area contributed by atoms with Gasteiger partial charge in [-0.3, -0.25) is 4.79 Å². The zero-order valence-corrected chi connectivity index (χ0v) is 9.93. The Labute approximate surface area is 102 Å². The first-order valence-electron chi connectivity index (χ1n) is 5.38. The molecule has 88 valence electrons. The Morgan fingerprint density at radius 3 is 2.88 bits per heavy atom. The molecule has 0 unspecified atom stereocenters. The molecule has 1 atom stereocenters. The molecule has 1 aromatic carbocycles. The van der Waals surface area contributed by atoms with Crippen LogP contribution in [0.3, 0.4) is 0 Å². The van der Waals surface area contributed by atoms with Gasteiger partial charge in [-0.05, 0) is 43.0 Å². The van der Waals surface area contributed by atoms with Crippen molar-refractivity contribution >= 4 is 18.3 Å². The lowest BCUT2D eigenvalue weighted by Crippen LogP contribution is -2.28. The summed E-state index contributed by atoms with van der Waals surface area (Å²) >= 11 is 0. The van der Waals surface area contributed by atoms with E-state index >= 15 is 0 Å². The fraction of sp³-hybridized carbons (Fsp3) is 0.417. The quantitative estimate of drug-likeness (QED) is 0.827. The second-order valence-corrected chi connectivity index (χ2v) is 4.03. The molecule has 1 saturated heterocycles. The monoisotopic (exact) mass is 240 g/mol. The van der Waals surface area contributed by atoms with Gasteiger partial charge in [-0.1, -0.05) is 12.1 Å². The normalized spacial score (nSPS) is 19.9. The molecule has 0 saturated carbocycles. The van der Waals surface area contributed by atoms with Crippen LogP contribution in [0.1, 0.15) is 34.7 Å². The van der Waals surface area contributed by atoms with Crippen LogP contribution in [0.25, 0.3) is 0 Å². The topological polar surface area (TPSA) is 55.1 Å². The molecule has 1 heterocycles. The third-order valence-corrected chi connectivity index (χ3v) is 2.94. The van der Waals surface area contributed by atoms with Crippen molar-refractivity contribution in [1.82, 2.24) is 5.32 Å². The number of piperidine rings is 1. The van der Waals surface area contributed by atoms with Crippen LogP contribution in [0.15, 0.2) is 24.3 Å². The number of rotatable bonds is 2. The van der Waals surface area contributed by atoms with E-state index in [-0.39, 0.29) is 18.3 Å². The lowest BCUT2D eigenvalue weighted by Gasteiger charge is -2.23. The van der Waals surface area contributed by atoms with Crippen molar-refractivity contribution in [2.24, 2.45) is 5.73 Å². The first-order valence-corrected chi connectivity index (χ1v) is 5.38. The molecular formula is C12H17ClN2O. The molecule has 1 aliphatic heterocycles. The van der Waals surface area contributed by atoms with Crippen molar-refractivity contribution in [3.8, 4) is 0 Å². The van der Waals surface area contributed by atoms with Crippen molar-refractivity contribution in [3.05, 3.63) is 35.4 Å². The fourth-order valence-corrected chi connectivity index (χ4v) is 2.08. The number of nitrogens with two attached hydrogens (primary N) is 1. The van der Waals surface area contributed by atoms with Crippen molar-refractivity contribution < 1.29 is 4.79 Å². The Bertz CT molecular complexity index is 362. The molecule has 0 aliphatic carbocycles. The first-order chi connectivity index (χ1) is 7.27. The van der Waals surface area contributed by atoms with Gasteiger partial charge in [-0.15, -0.1) is 12.4 Å². The average Bonchev–Trinajstić information content (AvgIpc) is 2.30. The number of halogens is 1. The number of carbonyl (C=O) groups is 1. The number of nitrogens with one attached hydrogen (secondary N) is 1. The van der Waals surface area contributed by atoms with Crippen LogP contribution in [-0.2, 0) is 0 Å². The van der Waals surface area contributed by atoms with E-state index < -0.39 is 0 Å². The highest BCUT2D eigenvalue weighted by Gasteiger charge is 2.15. The van der Waals surface area contributed by atoms with E-state index in [1.165, 1.54) is 18.4 Å². The third-order valence-electron chi connectivity index (χ3n) is 2.94. The average molecular weight is 241 g/mol. The molecule has 2 rings (SSSR count). The summed E-state index contributed by atoms with van der Waals surface area (Å²) in [6, 6.07) is 7.66. The zero-order chi connectivity index (χ0) is 10.7. The van der Waals surface area contributed by atoms with Gasteiger partial charge < -0.3 is 11.1 Å². The van der Waals surface area contributed by atoms with Crippen LogP contribution in [0.2, 0.25) is 0 Å². The lowest BCUT2D eigenvalue weighted by atomic mass is 9.91. The molecule has 1 aromatic rings. The molecule has 0 radical (unpaired) electrons. The highest BCUT2D eigenvalue weighted by molar-refractivity contribution is 5.92. The summed E-state index contributed by atoms with van der Waals surface area (Å²) in [7, 11) is 0. The van der Waals surface area contributed by atoms with E-state index in [9.17, 15) is 4.79 Å². The van der Waals surface area contributed by atoms with Gasteiger partial charge in [0.15, 0.2) is 0 Å². The molecule has 3 N–H and O–H groups in total. The van der Waals surface area contributed by atoms with Gasteiger partial charge >= 0.3 is 0 Å².